The van der Waals surface area contributed by atoms with Gasteiger partial charge in [0.2, 0.25) is 10.0 Å². The van der Waals surface area contributed by atoms with Crippen molar-refractivity contribution in [2.24, 2.45) is 22.9 Å². The number of fused-ring (bicyclic) bond motifs is 1. The third-order valence-corrected chi connectivity index (χ3v) is 8.39. The van der Waals surface area contributed by atoms with Gasteiger partial charge < -0.3 is 19.6 Å². The van der Waals surface area contributed by atoms with Crippen LogP contribution in [0.5, 0.6) is 0 Å². The van der Waals surface area contributed by atoms with Crippen LogP contribution < -0.4 is 5.14 Å². The third-order valence-electron chi connectivity index (χ3n) is 6.41. The number of nitrogens with zero attached hydrogens (tertiary/aromatic N) is 2. The predicted molar refractivity (Wildman–Crippen MR) is 116 cm³/mol. The fourth-order valence-corrected chi connectivity index (χ4v) is 6.58. The van der Waals surface area contributed by atoms with Gasteiger partial charge >= 0.3 is 0 Å². The molecule has 0 radical (unpaired) electrons. The van der Waals surface area contributed by atoms with E-state index in [1.54, 1.807) is 5.38 Å². The molecule has 4 atom stereocenters. The molecule has 2 aliphatic carbocycles. The zero-order chi connectivity index (χ0) is 22.8. The molecule has 2 saturated carbocycles. The first-order valence-corrected chi connectivity index (χ1v) is 12.8. The van der Waals surface area contributed by atoms with E-state index in [-0.39, 0.29) is 28.3 Å². The number of carboxylic acid groups (broad SMARTS) is 1. The Bertz CT molecular complexity index is 883. The van der Waals surface area contributed by atoms with E-state index < -0.39 is 10.0 Å². The Kier molecular flexibility index (Phi) is 7.74. The number of likely N-dealkylation sites (tertiary alicyclic amines) is 1. The van der Waals surface area contributed by atoms with Gasteiger partial charge in [-0.25, -0.2) is 13.6 Å². The van der Waals surface area contributed by atoms with Crippen LogP contribution >= 0.6 is 11.3 Å². The summed E-state index contributed by atoms with van der Waals surface area (Å²) in [5.41, 5.74) is 0. The fraction of sp³-hybridized carbons (Fsp3) is 0.700. The maximum absolute atomic E-state index is 13.0. The highest BCUT2D eigenvalue weighted by Crippen LogP contribution is 2.41. The van der Waals surface area contributed by atoms with Gasteiger partial charge in [-0.1, -0.05) is 0 Å². The van der Waals surface area contributed by atoms with Gasteiger partial charge in [-0.05, 0) is 69.0 Å². The summed E-state index contributed by atoms with van der Waals surface area (Å²) in [6.07, 6.45) is 4.72. The first-order valence-electron chi connectivity index (χ1n) is 10.4. The molecule has 31 heavy (non-hydrogen) atoms. The van der Waals surface area contributed by atoms with Gasteiger partial charge in [0.15, 0.2) is 0 Å². The minimum Gasteiger partial charge on any atom is -0.483 e. The summed E-state index contributed by atoms with van der Waals surface area (Å²) in [4.78, 5) is 25.6. The average Bonchev–Trinajstić information content (AvgIpc) is 3.22. The van der Waals surface area contributed by atoms with Crippen molar-refractivity contribution in [1.29, 1.82) is 0 Å². The third kappa shape index (κ3) is 5.83. The molecule has 1 aromatic heterocycles. The Labute approximate surface area is 187 Å². The zero-order valence-corrected chi connectivity index (χ0v) is 19.5. The molecule has 1 saturated heterocycles. The molecule has 1 aromatic rings. The molecule has 2 heterocycles. The summed E-state index contributed by atoms with van der Waals surface area (Å²) in [6, 6.07) is 1.77. The molecule has 174 valence electrons. The maximum atomic E-state index is 13.0. The second-order valence-corrected chi connectivity index (χ2v) is 11.3. The van der Waals surface area contributed by atoms with Crippen molar-refractivity contribution in [2.45, 2.75) is 42.7 Å². The van der Waals surface area contributed by atoms with Crippen LogP contribution in [0, 0.1) is 17.8 Å². The first-order chi connectivity index (χ1) is 14.7. The molecular weight excluding hydrogens is 442 g/mol. The lowest BCUT2D eigenvalue weighted by Gasteiger charge is -2.41. The molecule has 1 amide bonds. The maximum Gasteiger partial charge on any atom is 0.290 e. The van der Waals surface area contributed by atoms with E-state index in [0.717, 1.165) is 36.7 Å². The lowest BCUT2D eigenvalue weighted by Crippen LogP contribution is -2.48. The van der Waals surface area contributed by atoms with Gasteiger partial charge in [0.25, 0.3) is 12.4 Å². The molecule has 1 aliphatic heterocycles. The number of nitrogens with two attached hydrogens (primary N) is 1. The molecule has 0 aromatic carbocycles. The number of likely N-dealkylation sites (N-methyl/N-ethyl adjacent to an activating group) is 1. The van der Waals surface area contributed by atoms with Crippen LogP contribution in [-0.2, 0) is 19.6 Å². The van der Waals surface area contributed by atoms with Gasteiger partial charge in [0.1, 0.15) is 9.77 Å². The van der Waals surface area contributed by atoms with Crippen molar-refractivity contribution in [3.8, 4) is 0 Å². The number of sulfonamides is 1. The quantitative estimate of drug-likeness (QED) is 0.596. The standard InChI is InChI=1S/C19H29N3O4S2.CH2O2/c1-21(2)15-7-13-9-22(10-14(13)8-16(15)26-11-12-3-4-12)19(23)18-17(5-6-27-18)28(20,24)25;2-1-3/h5-6,12-16H,3-4,7-11H2,1-2H3,(H2,20,24,25);1H,(H,2,3)/t13-,14+,15-,16-;/m1./s1. The summed E-state index contributed by atoms with van der Waals surface area (Å²) in [5.74, 6) is 1.35. The Morgan fingerprint density at radius 3 is 2.48 bits per heavy atom. The Morgan fingerprint density at radius 2 is 1.94 bits per heavy atom. The molecule has 0 bridgehead atoms. The lowest BCUT2D eigenvalue weighted by atomic mass is 9.77. The number of hydrogen-bond donors (Lipinski definition) is 2. The first kappa shape index (κ1) is 24.1. The summed E-state index contributed by atoms with van der Waals surface area (Å²) >= 11 is 1.15. The van der Waals surface area contributed by atoms with E-state index in [4.69, 9.17) is 19.8 Å². The molecule has 3 N–H and O–H groups in total. The molecule has 0 spiro atoms. The van der Waals surface area contributed by atoms with Gasteiger partial charge in [-0.2, -0.15) is 0 Å². The monoisotopic (exact) mass is 473 g/mol. The predicted octanol–water partition coefficient (Wildman–Crippen LogP) is 1.30. The topological polar surface area (TPSA) is 130 Å². The second kappa shape index (κ2) is 9.95. The molecule has 0 unspecified atom stereocenters. The number of ether oxygens (including phenoxy) is 1. The summed E-state index contributed by atoms with van der Waals surface area (Å²) in [6.45, 7) is 1.93. The number of rotatable bonds is 6. The fourth-order valence-electron chi connectivity index (χ4n) is 4.64. The van der Waals surface area contributed by atoms with Crippen LogP contribution in [0.1, 0.15) is 35.4 Å². The summed E-state index contributed by atoms with van der Waals surface area (Å²) in [5, 5.41) is 13.8. The minimum absolute atomic E-state index is 0.0609. The number of primary sulfonamides is 1. The van der Waals surface area contributed by atoms with Crippen LogP contribution in [0.4, 0.5) is 0 Å². The highest BCUT2D eigenvalue weighted by atomic mass is 32.2. The largest absolute Gasteiger partial charge is 0.483 e. The van der Waals surface area contributed by atoms with Crippen molar-refractivity contribution in [3.05, 3.63) is 16.3 Å². The summed E-state index contributed by atoms with van der Waals surface area (Å²) < 4.78 is 29.8. The number of carbonyl (C=O) groups excluding carboxylic acids is 1. The SMILES string of the molecule is CN(C)[C@@H]1C[C@@H]2CN(C(=O)c3sccc3S(N)(=O)=O)C[C@@H]2C[C@H]1OCC1CC1.O=CO. The zero-order valence-electron chi connectivity index (χ0n) is 17.8. The Balaban J connectivity index is 0.000000858. The van der Waals surface area contributed by atoms with Crippen molar-refractivity contribution in [1.82, 2.24) is 9.80 Å². The van der Waals surface area contributed by atoms with Gasteiger partial charge in [0.05, 0.1) is 6.10 Å². The normalized spacial score (nSPS) is 28.1. The van der Waals surface area contributed by atoms with Crippen molar-refractivity contribution >= 4 is 33.7 Å². The number of carbonyl (C=O) groups is 2. The Hall–Kier alpha value is -1.53. The van der Waals surface area contributed by atoms with Crippen molar-refractivity contribution < 1.29 is 27.9 Å². The lowest BCUT2D eigenvalue weighted by molar-refractivity contribution is -0.122. The van der Waals surface area contributed by atoms with E-state index >= 15 is 0 Å². The van der Waals surface area contributed by atoms with Crippen LogP contribution in [0.2, 0.25) is 0 Å². The van der Waals surface area contributed by atoms with Crippen LogP contribution in [0.3, 0.4) is 0 Å². The highest BCUT2D eigenvalue weighted by molar-refractivity contribution is 7.89. The number of amides is 1. The van der Waals surface area contributed by atoms with E-state index in [9.17, 15) is 13.2 Å². The van der Waals surface area contributed by atoms with Crippen LogP contribution in [0.15, 0.2) is 16.3 Å². The molecule has 9 nitrogen and oxygen atoms in total. The van der Waals surface area contributed by atoms with Gasteiger partial charge in [-0.15, -0.1) is 11.3 Å². The van der Waals surface area contributed by atoms with E-state index in [0.29, 0.717) is 31.0 Å². The molecule has 11 heteroatoms. The minimum atomic E-state index is -3.89. The van der Waals surface area contributed by atoms with Crippen molar-refractivity contribution in [3.63, 3.8) is 0 Å². The summed E-state index contributed by atoms with van der Waals surface area (Å²) in [7, 11) is 0.303. The smallest absolute Gasteiger partial charge is 0.290 e. The van der Waals surface area contributed by atoms with E-state index in [2.05, 4.69) is 19.0 Å². The highest BCUT2D eigenvalue weighted by Gasteiger charge is 2.45. The van der Waals surface area contributed by atoms with E-state index in [1.165, 1.54) is 18.9 Å². The molecular formula is C20H31N3O6S2. The van der Waals surface area contributed by atoms with E-state index in [1.807, 2.05) is 4.90 Å². The molecule has 3 fully saturated rings. The van der Waals surface area contributed by atoms with Crippen molar-refractivity contribution in [2.75, 3.05) is 33.8 Å². The molecule has 3 aliphatic rings. The van der Waals surface area contributed by atoms with Crippen LogP contribution in [0.25, 0.3) is 0 Å². The molecule has 4 rings (SSSR count). The second-order valence-electron chi connectivity index (χ2n) is 8.81. The number of hydrogen-bond acceptors (Lipinski definition) is 7. The van der Waals surface area contributed by atoms with Gasteiger partial charge in [0, 0.05) is 25.7 Å². The number of thiophene rings is 1. The van der Waals surface area contributed by atoms with Crippen LogP contribution in [-0.4, -0.2) is 81.6 Å². The average molecular weight is 474 g/mol. The van der Waals surface area contributed by atoms with Gasteiger partial charge in [-0.3, -0.25) is 9.59 Å². The Morgan fingerprint density at radius 1 is 1.32 bits per heavy atom.